The van der Waals surface area contributed by atoms with Gasteiger partial charge in [0.1, 0.15) is 24.2 Å². The number of halogens is 1. The number of carbonyl (C=O) groups is 3. The highest BCUT2D eigenvalue weighted by Crippen LogP contribution is 2.28. The minimum Gasteiger partial charge on any atom is -0.458 e. The van der Waals surface area contributed by atoms with Gasteiger partial charge in [-0.3, -0.25) is 14.5 Å². The monoisotopic (exact) mass is 385 g/mol. The molecule has 1 atom stereocenters. The van der Waals surface area contributed by atoms with Gasteiger partial charge < -0.3 is 4.74 Å². The van der Waals surface area contributed by atoms with Crippen LogP contribution >= 0.6 is 0 Å². The third-order valence-corrected chi connectivity index (χ3v) is 5.25. The number of benzene rings is 1. The van der Waals surface area contributed by atoms with E-state index in [0.717, 1.165) is 41.1 Å². The Kier molecular flexibility index (Phi) is 4.70. The predicted molar refractivity (Wildman–Crippen MR) is 95.9 cm³/mol. The van der Waals surface area contributed by atoms with Gasteiger partial charge in [0, 0.05) is 24.1 Å². The van der Waals surface area contributed by atoms with E-state index < -0.39 is 12.0 Å². The highest BCUT2D eigenvalue weighted by molar-refractivity contribution is 6.04. The van der Waals surface area contributed by atoms with Crippen LogP contribution in [-0.2, 0) is 38.6 Å². The molecule has 1 saturated heterocycles. The number of imide groups is 1. The summed E-state index contributed by atoms with van der Waals surface area (Å²) >= 11 is 0. The molecule has 8 heteroatoms. The lowest BCUT2D eigenvalue weighted by Gasteiger charge is -2.20. The summed E-state index contributed by atoms with van der Waals surface area (Å²) in [6, 6.07) is 5.12. The zero-order valence-corrected chi connectivity index (χ0v) is 15.5. The molecule has 0 bridgehead atoms. The summed E-state index contributed by atoms with van der Waals surface area (Å²) in [6.45, 7) is 1.46. The van der Waals surface area contributed by atoms with E-state index >= 15 is 0 Å². The summed E-state index contributed by atoms with van der Waals surface area (Å²) < 4.78 is 20.3. The van der Waals surface area contributed by atoms with Gasteiger partial charge in [0.2, 0.25) is 11.8 Å². The van der Waals surface area contributed by atoms with Crippen LogP contribution in [0, 0.1) is 5.82 Å². The average molecular weight is 385 g/mol. The Morgan fingerprint density at radius 1 is 1.14 bits per heavy atom. The van der Waals surface area contributed by atoms with Gasteiger partial charge in [0.15, 0.2) is 0 Å². The number of fused-ring (bicyclic) bond motifs is 1. The minimum atomic E-state index is -0.949. The van der Waals surface area contributed by atoms with E-state index in [0.29, 0.717) is 5.69 Å². The molecule has 2 aromatic rings. The van der Waals surface area contributed by atoms with Gasteiger partial charge in [-0.05, 0) is 50.5 Å². The summed E-state index contributed by atoms with van der Waals surface area (Å²) in [5.74, 6) is -1.65. The van der Waals surface area contributed by atoms with E-state index in [9.17, 15) is 18.8 Å². The van der Waals surface area contributed by atoms with Gasteiger partial charge in [-0.25, -0.2) is 13.9 Å². The van der Waals surface area contributed by atoms with Crippen molar-refractivity contribution in [1.29, 1.82) is 0 Å². The zero-order valence-electron chi connectivity index (χ0n) is 15.5. The number of aromatic nitrogens is 2. The van der Waals surface area contributed by atoms with Crippen molar-refractivity contribution in [2.24, 2.45) is 0 Å². The molecule has 0 spiro atoms. The van der Waals surface area contributed by atoms with Gasteiger partial charge in [-0.1, -0.05) is 0 Å². The zero-order chi connectivity index (χ0) is 19.8. The molecule has 28 heavy (non-hydrogen) atoms. The topological polar surface area (TPSA) is 81.5 Å². The third-order valence-electron chi connectivity index (χ3n) is 5.25. The lowest BCUT2D eigenvalue weighted by Crippen LogP contribution is -2.43. The maximum Gasteiger partial charge on any atom is 0.329 e. The molecule has 1 aliphatic carbocycles. The Morgan fingerprint density at radius 2 is 1.82 bits per heavy atom. The molecule has 2 heterocycles. The van der Waals surface area contributed by atoms with Crippen molar-refractivity contribution in [2.75, 3.05) is 0 Å². The van der Waals surface area contributed by atoms with Crippen LogP contribution in [0.2, 0.25) is 0 Å². The molecule has 2 aliphatic rings. The number of esters is 1. The molecule has 1 unspecified atom stereocenters. The van der Waals surface area contributed by atoms with Crippen molar-refractivity contribution in [1.82, 2.24) is 14.7 Å². The maximum absolute atomic E-state index is 13.2. The van der Waals surface area contributed by atoms with Crippen LogP contribution in [0.1, 0.15) is 43.1 Å². The van der Waals surface area contributed by atoms with Gasteiger partial charge in [-0.2, -0.15) is 5.10 Å². The van der Waals surface area contributed by atoms with Crippen LogP contribution in [0.4, 0.5) is 4.39 Å². The molecule has 0 radical (unpaired) electrons. The Labute approximate surface area is 161 Å². The first-order valence-electron chi connectivity index (χ1n) is 9.33. The first-order chi connectivity index (χ1) is 13.5. The fraction of sp³-hybridized carbons (Fsp3) is 0.400. The summed E-state index contributed by atoms with van der Waals surface area (Å²) in [5.41, 5.74) is 3.48. The number of ether oxygens (including phenoxy) is 1. The average Bonchev–Trinajstić information content (AvgIpc) is 3.36. The second-order valence-electron chi connectivity index (χ2n) is 7.05. The number of carbonyl (C=O) groups excluding carboxylic acids is 3. The summed E-state index contributed by atoms with van der Waals surface area (Å²) in [5, 5.41) is 4.56. The van der Waals surface area contributed by atoms with E-state index in [-0.39, 0.29) is 37.1 Å². The van der Waals surface area contributed by atoms with Crippen molar-refractivity contribution in [3.63, 3.8) is 0 Å². The Hall–Kier alpha value is -3.03. The van der Waals surface area contributed by atoms with Crippen molar-refractivity contribution < 1.29 is 23.5 Å². The maximum atomic E-state index is 13.2. The van der Waals surface area contributed by atoms with Crippen LogP contribution in [0.15, 0.2) is 24.3 Å². The Morgan fingerprint density at radius 3 is 2.50 bits per heavy atom. The van der Waals surface area contributed by atoms with Crippen molar-refractivity contribution in [3.8, 4) is 5.69 Å². The van der Waals surface area contributed by atoms with Crippen LogP contribution < -0.4 is 0 Å². The van der Waals surface area contributed by atoms with E-state index in [1.165, 1.54) is 19.1 Å². The molecular weight excluding hydrogens is 365 g/mol. The van der Waals surface area contributed by atoms with Crippen LogP contribution in [-0.4, -0.2) is 38.5 Å². The van der Waals surface area contributed by atoms with Crippen molar-refractivity contribution in [3.05, 3.63) is 47.0 Å². The number of nitrogens with zero attached hydrogens (tertiary/aromatic N) is 3. The standard InChI is InChI=1S/C20H20FN3O4/c1-12(23-18(25)9-10-19(23)26)20(27)28-11-16-15-3-2-4-17(15)24(22-16)14-7-5-13(21)6-8-14/h5-8,12H,2-4,9-11H2,1H3. The van der Waals surface area contributed by atoms with Crippen LogP contribution in [0.25, 0.3) is 5.69 Å². The molecule has 2 amide bonds. The van der Waals surface area contributed by atoms with E-state index in [4.69, 9.17) is 4.74 Å². The van der Waals surface area contributed by atoms with Gasteiger partial charge in [-0.15, -0.1) is 0 Å². The van der Waals surface area contributed by atoms with Gasteiger partial charge in [0.25, 0.3) is 0 Å². The molecule has 4 rings (SSSR count). The lowest BCUT2D eigenvalue weighted by molar-refractivity contribution is -0.158. The predicted octanol–water partition coefficient (Wildman–Crippen LogP) is 2.08. The minimum absolute atomic E-state index is 0.0318. The van der Waals surface area contributed by atoms with Crippen LogP contribution in [0.5, 0.6) is 0 Å². The molecule has 7 nitrogen and oxygen atoms in total. The highest BCUT2D eigenvalue weighted by Gasteiger charge is 2.37. The second kappa shape index (κ2) is 7.18. The summed E-state index contributed by atoms with van der Waals surface area (Å²) in [4.78, 5) is 36.9. The van der Waals surface area contributed by atoms with E-state index in [2.05, 4.69) is 5.10 Å². The van der Waals surface area contributed by atoms with Crippen molar-refractivity contribution in [2.45, 2.75) is 51.7 Å². The highest BCUT2D eigenvalue weighted by atomic mass is 19.1. The van der Waals surface area contributed by atoms with Crippen molar-refractivity contribution >= 4 is 17.8 Å². The number of hydrogen-bond acceptors (Lipinski definition) is 5. The molecular formula is C20H20FN3O4. The molecule has 1 aromatic carbocycles. The molecule has 0 saturated carbocycles. The normalized spacial score (nSPS) is 17.1. The Bertz CT molecular complexity index is 935. The molecule has 1 aliphatic heterocycles. The second-order valence-corrected chi connectivity index (χ2v) is 7.05. The molecule has 0 N–H and O–H groups in total. The number of hydrogen-bond donors (Lipinski definition) is 0. The van der Waals surface area contributed by atoms with Crippen LogP contribution in [0.3, 0.4) is 0 Å². The number of amides is 2. The fourth-order valence-corrected chi connectivity index (χ4v) is 3.82. The van der Waals surface area contributed by atoms with E-state index in [1.54, 1.807) is 16.8 Å². The smallest absolute Gasteiger partial charge is 0.329 e. The molecule has 1 aromatic heterocycles. The van der Waals surface area contributed by atoms with Gasteiger partial charge in [0.05, 0.1) is 5.69 Å². The van der Waals surface area contributed by atoms with E-state index in [1.807, 2.05) is 0 Å². The SMILES string of the molecule is CC(C(=O)OCc1nn(-c2ccc(F)cc2)c2c1CCC2)N1C(=O)CCC1=O. The quantitative estimate of drug-likeness (QED) is 0.581. The van der Waals surface area contributed by atoms with Gasteiger partial charge >= 0.3 is 5.97 Å². The number of likely N-dealkylation sites (tertiary alicyclic amines) is 1. The summed E-state index contributed by atoms with van der Waals surface area (Å²) in [7, 11) is 0. The first kappa shape index (κ1) is 18.3. The number of rotatable bonds is 5. The first-order valence-corrected chi connectivity index (χ1v) is 9.33. The lowest BCUT2D eigenvalue weighted by atomic mass is 10.2. The molecule has 146 valence electrons. The Balaban J connectivity index is 1.50. The molecule has 1 fully saturated rings. The summed E-state index contributed by atoms with van der Waals surface area (Å²) in [6.07, 6.45) is 2.92. The third kappa shape index (κ3) is 3.19. The largest absolute Gasteiger partial charge is 0.458 e. The fourth-order valence-electron chi connectivity index (χ4n) is 3.82.